The van der Waals surface area contributed by atoms with Crippen molar-refractivity contribution in [1.82, 2.24) is 14.0 Å². The molecule has 1 heterocycles. The van der Waals surface area contributed by atoms with Crippen LogP contribution in [0.1, 0.15) is 19.8 Å². The molecule has 0 radical (unpaired) electrons. The minimum Gasteiger partial charge on any atom is -0.330 e. The topological polar surface area (TPSA) is 47.2 Å². The minimum absolute atomic E-state index is 0.0282. The van der Waals surface area contributed by atoms with E-state index in [1.54, 1.807) is 16.7 Å². The Balaban J connectivity index is 2.23. The van der Waals surface area contributed by atoms with Gasteiger partial charge in [-0.15, -0.1) is 6.58 Å². The Morgan fingerprint density at radius 1 is 1.19 bits per heavy atom. The summed E-state index contributed by atoms with van der Waals surface area (Å²) in [6.45, 7) is 4.39. The number of rotatable bonds is 8. The fourth-order valence-electron chi connectivity index (χ4n) is 2.92. The molecule has 2 rings (SSSR count). The van der Waals surface area contributed by atoms with Gasteiger partial charge in [0.05, 0.1) is 11.0 Å². The number of carbonyl (C=O) groups excluding carboxylic acids is 1. The second kappa shape index (κ2) is 8.25. The third-order valence-corrected chi connectivity index (χ3v) is 3.99. The van der Waals surface area contributed by atoms with Crippen LogP contribution in [-0.2, 0) is 17.9 Å². The van der Waals surface area contributed by atoms with Gasteiger partial charge in [0, 0.05) is 26.1 Å². The van der Waals surface area contributed by atoms with Crippen LogP contribution in [0.25, 0.3) is 11.0 Å². The Morgan fingerprint density at radius 2 is 1.77 bits per heavy atom. The van der Waals surface area contributed by atoms with Crippen LogP contribution in [0, 0.1) is 0 Å². The van der Waals surface area contributed by atoms with Crippen LogP contribution in [0.4, 0.5) is 13.2 Å². The number of hydrogen-bond donors (Lipinski definition) is 0. The van der Waals surface area contributed by atoms with Gasteiger partial charge in [0.25, 0.3) is 0 Å². The highest BCUT2D eigenvalue weighted by atomic mass is 19.4. The second-order valence-electron chi connectivity index (χ2n) is 6.00. The molecule has 26 heavy (non-hydrogen) atoms. The Labute approximate surface area is 149 Å². The van der Waals surface area contributed by atoms with Crippen molar-refractivity contribution in [3.8, 4) is 0 Å². The van der Waals surface area contributed by atoms with Gasteiger partial charge in [-0.3, -0.25) is 13.9 Å². The number of amides is 1. The number of aryl methyl sites for hydroxylation is 2. The van der Waals surface area contributed by atoms with Gasteiger partial charge in [-0.25, -0.2) is 4.79 Å². The summed E-state index contributed by atoms with van der Waals surface area (Å²) in [7, 11) is 0. The first-order valence-corrected chi connectivity index (χ1v) is 8.42. The average Bonchev–Trinajstić information content (AvgIpc) is 2.84. The zero-order valence-electron chi connectivity index (χ0n) is 14.6. The van der Waals surface area contributed by atoms with E-state index in [4.69, 9.17) is 0 Å². The summed E-state index contributed by atoms with van der Waals surface area (Å²) in [6.07, 6.45) is -2.65. The zero-order chi connectivity index (χ0) is 19.3. The molecule has 0 bridgehead atoms. The molecule has 5 nitrogen and oxygen atoms in total. The molecule has 0 aliphatic carbocycles. The second-order valence-corrected chi connectivity index (χ2v) is 6.00. The number of nitrogens with zero attached hydrogens (tertiary/aromatic N) is 3. The predicted octanol–water partition coefficient (Wildman–Crippen LogP) is 3.18. The van der Waals surface area contributed by atoms with Crippen LogP contribution >= 0.6 is 0 Å². The van der Waals surface area contributed by atoms with Crippen LogP contribution in [0.15, 0.2) is 41.7 Å². The lowest BCUT2D eigenvalue weighted by atomic mass is 10.3. The maximum Gasteiger partial charge on any atom is 0.406 e. The molecule has 0 saturated heterocycles. The number of carbonyl (C=O) groups is 1. The Hall–Kier alpha value is -2.51. The molecule has 2 aromatic rings. The predicted molar refractivity (Wildman–Crippen MR) is 93.9 cm³/mol. The molecule has 0 N–H and O–H groups in total. The van der Waals surface area contributed by atoms with Crippen LogP contribution in [0.2, 0.25) is 0 Å². The lowest BCUT2D eigenvalue weighted by Gasteiger charge is -2.22. The molecule has 0 atom stereocenters. The van der Waals surface area contributed by atoms with E-state index in [0.717, 1.165) is 11.9 Å². The number of fused-ring (bicyclic) bond motifs is 1. The van der Waals surface area contributed by atoms with Gasteiger partial charge in [-0.2, -0.15) is 13.2 Å². The third kappa shape index (κ3) is 4.56. The molecule has 8 heteroatoms. The molecule has 0 saturated carbocycles. The number of aromatic nitrogens is 2. The lowest BCUT2D eigenvalue weighted by molar-refractivity contribution is -0.160. The summed E-state index contributed by atoms with van der Waals surface area (Å²) in [5.74, 6) is -0.665. The molecule has 0 aliphatic rings. The first-order valence-electron chi connectivity index (χ1n) is 8.42. The first kappa shape index (κ1) is 19.8. The highest BCUT2D eigenvalue weighted by molar-refractivity contribution is 5.78. The van der Waals surface area contributed by atoms with E-state index in [1.807, 2.05) is 19.1 Å². The minimum atomic E-state index is -4.48. The molecule has 0 spiro atoms. The van der Waals surface area contributed by atoms with Gasteiger partial charge in [0.2, 0.25) is 5.91 Å². The molecule has 0 aliphatic heterocycles. The smallest absolute Gasteiger partial charge is 0.330 e. The van der Waals surface area contributed by atoms with Gasteiger partial charge in [0.15, 0.2) is 0 Å². The number of hydrogen-bond acceptors (Lipinski definition) is 2. The van der Waals surface area contributed by atoms with Crippen LogP contribution in [-0.4, -0.2) is 39.2 Å². The number of alkyl halides is 3. The SMILES string of the molecule is C=CCN(CC(F)(F)F)C(=O)CCn1c(=O)n(CCC)c2ccccc21. The monoisotopic (exact) mass is 369 g/mol. The Bertz CT molecular complexity index is 836. The van der Waals surface area contributed by atoms with Gasteiger partial charge in [-0.1, -0.05) is 25.1 Å². The van der Waals surface area contributed by atoms with E-state index in [-0.39, 0.29) is 25.2 Å². The van der Waals surface area contributed by atoms with Crippen molar-refractivity contribution < 1.29 is 18.0 Å². The van der Waals surface area contributed by atoms with Gasteiger partial charge in [0.1, 0.15) is 6.54 Å². The fraction of sp³-hybridized carbons (Fsp3) is 0.444. The highest BCUT2D eigenvalue weighted by Gasteiger charge is 2.32. The largest absolute Gasteiger partial charge is 0.406 e. The van der Waals surface area contributed by atoms with Crippen LogP contribution < -0.4 is 5.69 Å². The first-order chi connectivity index (χ1) is 12.3. The summed E-state index contributed by atoms with van der Waals surface area (Å²) < 4.78 is 40.9. The molecule has 1 aromatic heterocycles. The molecular formula is C18H22F3N3O2. The molecule has 142 valence electrons. The van der Waals surface area contributed by atoms with E-state index in [2.05, 4.69) is 6.58 Å². The fourth-order valence-corrected chi connectivity index (χ4v) is 2.92. The highest BCUT2D eigenvalue weighted by Crippen LogP contribution is 2.18. The van der Waals surface area contributed by atoms with Crippen molar-refractivity contribution in [2.45, 2.75) is 39.0 Å². The van der Waals surface area contributed by atoms with E-state index >= 15 is 0 Å². The summed E-state index contributed by atoms with van der Waals surface area (Å²) in [5.41, 5.74) is 1.17. The summed E-state index contributed by atoms with van der Waals surface area (Å²) >= 11 is 0. The standard InChI is InChI=1S/C18H22F3N3O2/c1-3-10-22(13-18(19,20)21)16(25)9-12-24-15-8-6-5-7-14(15)23(11-4-2)17(24)26/h3,5-8H,1,4,9-13H2,2H3. The number of halogens is 3. The maximum absolute atomic E-state index is 12.6. The Kier molecular flexibility index (Phi) is 6.28. The van der Waals surface area contributed by atoms with Gasteiger partial charge < -0.3 is 4.90 Å². The maximum atomic E-state index is 12.6. The number of para-hydroxylation sites is 2. The molecule has 1 aromatic carbocycles. The summed E-state index contributed by atoms with van der Waals surface area (Å²) in [5, 5.41) is 0. The van der Waals surface area contributed by atoms with Crippen molar-refractivity contribution in [3.05, 3.63) is 47.4 Å². The van der Waals surface area contributed by atoms with Crippen molar-refractivity contribution in [1.29, 1.82) is 0 Å². The van der Waals surface area contributed by atoms with E-state index < -0.39 is 18.6 Å². The average molecular weight is 369 g/mol. The van der Waals surface area contributed by atoms with E-state index in [1.165, 1.54) is 10.6 Å². The van der Waals surface area contributed by atoms with Crippen LogP contribution in [0.5, 0.6) is 0 Å². The van der Waals surface area contributed by atoms with E-state index in [0.29, 0.717) is 17.0 Å². The summed E-state index contributed by atoms with van der Waals surface area (Å²) in [4.78, 5) is 25.5. The zero-order valence-corrected chi connectivity index (χ0v) is 14.6. The lowest BCUT2D eigenvalue weighted by Crippen LogP contribution is -2.39. The molecular weight excluding hydrogens is 347 g/mol. The van der Waals surface area contributed by atoms with Crippen molar-refractivity contribution >= 4 is 16.9 Å². The van der Waals surface area contributed by atoms with Gasteiger partial charge in [-0.05, 0) is 18.6 Å². The Morgan fingerprint density at radius 3 is 2.27 bits per heavy atom. The molecule has 0 unspecified atom stereocenters. The molecule has 1 amide bonds. The van der Waals surface area contributed by atoms with E-state index in [9.17, 15) is 22.8 Å². The van der Waals surface area contributed by atoms with Crippen LogP contribution in [0.3, 0.4) is 0 Å². The van der Waals surface area contributed by atoms with Crippen molar-refractivity contribution in [2.75, 3.05) is 13.1 Å². The van der Waals surface area contributed by atoms with Crippen molar-refractivity contribution in [3.63, 3.8) is 0 Å². The number of imidazole rings is 1. The summed E-state index contributed by atoms with van der Waals surface area (Å²) in [6, 6.07) is 7.19. The number of benzene rings is 1. The van der Waals surface area contributed by atoms with Gasteiger partial charge >= 0.3 is 11.9 Å². The third-order valence-electron chi connectivity index (χ3n) is 3.99. The molecule has 0 fully saturated rings. The quantitative estimate of drug-likeness (QED) is 0.671. The van der Waals surface area contributed by atoms with Crippen molar-refractivity contribution in [2.24, 2.45) is 0 Å². The normalized spacial score (nSPS) is 11.7.